The van der Waals surface area contributed by atoms with Crippen molar-refractivity contribution >= 4 is 6.09 Å². The highest BCUT2D eigenvalue weighted by molar-refractivity contribution is 5.67. The molecule has 0 spiro atoms. The average molecular weight is 244 g/mol. The van der Waals surface area contributed by atoms with E-state index in [0.717, 1.165) is 32.4 Å². The van der Waals surface area contributed by atoms with Crippen molar-refractivity contribution in [2.24, 2.45) is 0 Å². The molecule has 0 aromatic rings. The van der Waals surface area contributed by atoms with Gasteiger partial charge in [0.2, 0.25) is 0 Å². The van der Waals surface area contributed by atoms with Gasteiger partial charge in [-0.1, -0.05) is 13.3 Å². The van der Waals surface area contributed by atoms with Crippen LogP contribution < -0.4 is 0 Å². The highest BCUT2D eigenvalue weighted by Crippen LogP contribution is 2.13. The highest BCUT2D eigenvalue weighted by atomic mass is 16.6. The molecule has 0 aliphatic carbocycles. The molecule has 5 nitrogen and oxygen atoms in total. The van der Waals surface area contributed by atoms with E-state index in [0.29, 0.717) is 6.54 Å². The summed E-state index contributed by atoms with van der Waals surface area (Å²) in [5.74, 6) is 0. The van der Waals surface area contributed by atoms with Gasteiger partial charge in [-0.2, -0.15) is 0 Å². The molecule has 1 rings (SSSR count). The smallest absolute Gasteiger partial charge is 0.424 e. The summed E-state index contributed by atoms with van der Waals surface area (Å²) in [5.41, 5.74) is 0. The number of aliphatic hydroxyl groups excluding tert-OH is 1. The Bertz CT molecular complexity index is 230. The van der Waals surface area contributed by atoms with Crippen LogP contribution >= 0.6 is 0 Å². The number of carbonyl (C=O) groups is 1. The Kier molecular flexibility index (Phi) is 6.29. The molecule has 0 saturated carbocycles. The van der Waals surface area contributed by atoms with Crippen molar-refractivity contribution in [2.75, 3.05) is 26.2 Å². The van der Waals surface area contributed by atoms with Crippen molar-refractivity contribution in [1.82, 2.24) is 10.0 Å². The van der Waals surface area contributed by atoms with E-state index in [1.807, 2.05) is 18.9 Å². The van der Waals surface area contributed by atoms with Crippen LogP contribution in [0.15, 0.2) is 0 Å². The molecular formula is C12H24N2O3. The van der Waals surface area contributed by atoms with E-state index in [9.17, 15) is 4.79 Å². The number of carbonyl (C=O) groups excluding carboxylic acids is 1. The molecule has 0 aromatic carbocycles. The Hall–Kier alpha value is -0.810. The van der Waals surface area contributed by atoms with Gasteiger partial charge in [0, 0.05) is 13.1 Å². The summed E-state index contributed by atoms with van der Waals surface area (Å²) in [6.45, 7) is 5.88. The molecule has 1 heterocycles. The molecule has 1 saturated heterocycles. The van der Waals surface area contributed by atoms with E-state index < -0.39 is 0 Å². The lowest BCUT2D eigenvalue weighted by Crippen LogP contribution is -2.50. The predicted molar refractivity (Wildman–Crippen MR) is 65.4 cm³/mol. The number of amides is 1. The molecular weight excluding hydrogens is 220 g/mol. The van der Waals surface area contributed by atoms with Crippen LogP contribution in [0.1, 0.15) is 39.5 Å². The fourth-order valence-electron chi connectivity index (χ4n) is 1.88. The van der Waals surface area contributed by atoms with Gasteiger partial charge in [-0.25, -0.2) is 14.8 Å². The summed E-state index contributed by atoms with van der Waals surface area (Å²) in [4.78, 5) is 12.0. The third-order valence-electron chi connectivity index (χ3n) is 3.07. The molecule has 0 bridgehead atoms. The van der Waals surface area contributed by atoms with Crippen molar-refractivity contribution in [2.45, 2.75) is 45.6 Å². The van der Waals surface area contributed by atoms with Gasteiger partial charge in [-0.15, -0.1) is 0 Å². The molecule has 1 N–H and O–H groups in total. The number of aliphatic hydroxyl groups is 1. The number of piperidine rings is 1. The number of rotatable bonds is 5. The first-order chi connectivity index (χ1) is 8.19. The Morgan fingerprint density at radius 1 is 1.41 bits per heavy atom. The number of hydrazine groups is 1. The predicted octanol–water partition coefficient (Wildman–Crippen LogP) is 1.62. The SMILES string of the molecule is CCC(C)OC(=O)N(CCO)N1CCCCC1. The third kappa shape index (κ3) is 4.52. The van der Waals surface area contributed by atoms with Crippen LogP contribution in [0.5, 0.6) is 0 Å². The molecule has 1 fully saturated rings. The second-order valence-corrected chi connectivity index (χ2v) is 4.46. The van der Waals surface area contributed by atoms with Crippen LogP contribution in [0.2, 0.25) is 0 Å². The van der Waals surface area contributed by atoms with E-state index in [4.69, 9.17) is 9.84 Å². The van der Waals surface area contributed by atoms with Gasteiger partial charge in [0.15, 0.2) is 0 Å². The molecule has 1 aliphatic heterocycles. The van der Waals surface area contributed by atoms with E-state index in [1.54, 1.807) is 5.01 Å². The number of hydrogen-bond donors (Lipinski definition) is 1. The van der Waals surface area contributed by atoms with Crippen LogP contribution in [0.4, 0.5) is 4.79 Å². The van der Waals surface area contributed by atoms with Gasteiger partial charge >= 0.3 is 6.09 Å². The third-order valence-corrected chi connectivity index (χ3v) is 3.07. The molecule has 5 heteroatoms. The molecule has 0 aromatic heterocycles. The van der Waals surface area contributed by atoms with Gasteiger partial charge < -0.3 is 9.84 Å². The largest absolute Gasteiger partial charge is 0.445 e. The quantitative estimate of drug-likeness (QED) is 0.798. The van der Waals surface area contributed by atoms with Crippen LogP contribution in [-0.2, 0) is 4.74 Å². The second kappa shape index (κ2) is 7.50. The van der Waals surface area contributed by atoms with Crippen molar-refractivity contribution < 1.29 is 14.6 Å². The Labute approximate surface area is 103 Å². The first-order valence-corrected chi connectivity index (χ1v) is 6.53. The molecule has 100 valence electrons. The van der Waals surface area contributed by atoms with Crippen LogP contribution in [0.25, 0.3) is 0 Å². The van der Waals surface area contributed by atoms with Gasteiger partial charge in [-0.3, -0.25) is 0 Å². The Balaban J connectivity index is 2.53. The summed E-state index contributed by atoms with van der Waals surface area (Å²) in [5, 5.41) is 12.6. The zero-order valence-electron chi connectivity index (χ0n) is 10.9. The van der Waals surface area contributed by atoms with Crippen LogP contribution in [-0.4, -0.2) is 53.6 Å². The number of hydrogen-bond acceptors (Lipinski definition) is 4. The minimum absolute atomic E-state index is 0.0356. The summed E-state index contributed by atoms with van der Waals surface area (Å²) >= 11 is 0. The van der Waals surface area contributed by atoms with E-state index in [1.165, 1.54) is 6.42 Å². The van der Waals surface area contributed by atoms with Crippen LogP contribution in [0, 0.1) is 0 Å². The van der Waals surface area contributed by atoms with Crippen molar-refractivity contribution in [3.8, 4) is 0 Å². The summed E-state index contributed by atoms with van der Waals surface area (Å²) in [7, 11) is 0. The fourth-order valence-corrected chi connectivity index (χ4v) is 1.88. The minimum atomic E-state index is -0.338. The van der Waals surface area contributed by atoms with Crippen molar-refractivity contribution in [1.29, 1.82) is 0 Å². The molecule has 0 radical (unpaired) electrons. The average Bonchev–Trinajstić information content (AvgIpc) is 2.36. The van der Waals surface area contributed by atoms with Crippen molar-refractivity contribution in [3.63, 3.8) is 0 Å². The van der Waals surface area contributed by atoms with Gasteiger partial charge in [-0.05, 0) is 26.2 Å². The minimum Gasteiger partial charge on any atom is -0.445 e. The van der Waals surface area contributed by atoms with E-state index >= 15 is 0 Å². The van der Waals surface area contributed by atoms with Gasteiger partial charge in [0.1, 0.15) is 6.10 Å². The first kappa shape index (κ1) is 14.3. The standard InChI is InChI=1S/C12H24N2O3/c1-3-11(2)17-12(16)14(9-10-15)13-7-5-4-6-8-13/h11,15H,3-10H2,1-2H3. The van der Waals surface area contributed by atoms with E-state index in [-0.39, 0.29) is 18.8 Å². The number of ether oxygens (including phenoxy) is 1. The van der Waals surface area contributed by atoms with Crippen LogP contribution in [0.3, 0.4) is 0 Å². The molecule has 17 heavy (non-hydrogen) atoms. The molecule has 1 amide bonds. The Morgan fingerprint density at radius 2 is 2.06 bits per heavy atom. The maximum absolute atomic E-state index is 12.0. The lowest BCUT2D eigenvalue weighted by molar-refractivity contribution is -0.0502. The van der Waals surface area contributed by atoms with E-state index in [2.05, 4.69) is 0 Å². The topological polar surface area (TPSA) is 53.0 Å². The monoisotopic (exact) mass is 244 g/mol. The molecule has 1 unspecified atom stereocenters. The lowest BCUT2D eigenvalue weighted by Gasteiger charge is -2.36. The summed E-state index contributed by atoms with van der Waals surface area (Å²) in [6, 6.07) is 0. The normalized spacial score (nSPS) is 18.8. The lowest BCUT2D eigenvalue weighted by atomic mass is 10.2. The second-order valence-electron chi connectivity index (χ2n) is 4.46. The number of nitrogens with zero attached hydrogens (tertiary/aromatic N) is 2. The highest BCUT2D eigenvalue weighted by Gasteiger charge is 2.24. The van der Waals surface area contributed by atoms with Gasteiger partial charge in [0.25, 0.3) is 0 Å². The maximum Gasteiger partial charge on any atom is 0.424 e. The molecule has 1 atom stereocenters. The van der Waals surface area contributed by atoms with Crippen molar-refractivity contribution in [3.05, 3.63) is 0 Å². The van der Waals surface area contributed by atoms with Gasteiger partial charge in [0.05, 0.1) is 13.2 Å². The first-order valence-electron chi connectivity index (χ1n) is 6.53. The zero-order valence-corrected chi connectivity index (χ0v) is 10.9. The maximum atomic E-state index is 12.0. The molecule has 1 aliphatic rings. The zero-order chi connectivity index (χ0) is 12.7. The Morgan fingerprint density at radius 3 is 2.59 bits per heavy atom. The fraction of sp³-hybridized carbons (Fsp3) is 0.917. The summed E-state index contributed by atoms with van der Waals surface area (Å²) < 4.78 is 5.30. The summed E-state index contributed by atoms with van der Waals surface area (Å²) in [6.07, 6.45) is 3.79.